The summed E-state index contributed by atoms with van der Waals surface area (Å²) >= 11 is 18.5. The van der Waals surface area contributed by atoms with Crippen molar-refractivity contribution in [3.8, 4) is 5.75 Å². The second-order valence-corrected chi connectivity index (χ2v) is 16.1. The van der Waals surface area contributed by atoms with Crippen LogP contribution in [0.3, 0.4) is 0 Å². The molecule has 1 aliphatic carbocycles. The fourth-order valence-corrected chi connectivity index (χ4v) is 6.74. The third kappa shape index (κ3) is 8.17. The Morgan fingerprint density at radius 2 is 1.62 bits per heavy atom. The molecule has 1 saturated heterocycles. The minimum absolute atomic E-state index is 0.0424. The van der Waals surface area contributed by atoms with Crippen LogP contribution >= 0.6 is 34.8 Å². The third-order valence-electron chi connectivity index (χ3n) is 9.72. The molecule has 2 unspecified atom stereocenters. The van der Waals surface area contributed by atoms with Crippen LogP contribution in [0.2, 0.25) is 0 Å². The lowest BCUT2D eigenvalue weighted by molar-refractivity contribution is -0.129. The molecule has 2 heterocycles. The normalized spacial score (nSPS) is 19.1. The molecule has 2 aliphatic heterocycles. The first-order chi connectivity index (χ1) is 24.7. The van der Waals surface area contributed by atoms with Crippen molar-refractivity contribution in [3.05, 3.63) is 106 Å². The molecular weight excluding hydrogens is 745 g/mol. The van der Waals surface area contributed by atoms with E-state index in [1.807, 2.05) is 24.3 Å². The van der Waals surface area contributed by atoms with E-state index in [9.17, 15) is 27.2 Å². The Morgan fingerprint density at radius 1 is 0.923 bits per heavy atom. The fraction of sp³-hybridized carbons (Fsp3) is 0.421. The molecule has 0 aromatic heterocycles. The fourth-order valence-electron chi connectivity index (χ4n) is 6.63. The average Bonchev–Trinajstić information content (AvgIpc) is 3.94. The van der Waals surface area contributed by atoms with Gasteiger partial charge in [0, 0.05) is 36.8 Å². The molecule has 1 saturated carbocycles. The Hall–Kier alpha value is -3.51. The molecular formula is C38H38Cl3F4N3O4. The molecule has 52 heavy (non-hydrogen) atoms. The van der Waals surface area contributed by atoms with Crippen molar-refractivity contribution in [2.24, 2.45) is 0 Å². The third-order valence-corrected chi connectivity index (χ3v) is 11.1. The molecule has 0 spiro atoms. The van der Waals surface area contributed by atoms with E-state index in [-0.39, 0.29) is 31.6 Å². The molecule has 1 N–H and O–H groups in total. The van der Waals surface area contributed by atoms with Crippen molar-refractivity contribution in [3.63, 3.8) is 0 Å². The van der Waals surface area contributed by atoms with Gasteiger partial charge >= 0.3 is 6.09 Å². The highest BCUT2D eigenvalue weighted by Crippen LogP contribution is 2.43. The van der Waals surface area contributed by atoms with Gasteiger partial charge in [-0.3, -0.25) is 9.69 Å². The molecule has 7 nitrogen and oxygen atoms in total. The molecule has 14 heteroatoms. The van der Waals surface area contributed by atoms with E-state index in [4.69, 9.17) is 44.3 Å². The van der Waals surface area contributed by atoms with Gasteiger partial charge in [-0.2, -0.15) is 4.39 Å². The molecule has 2 atom stereocenters. The number of hydrogen-bond donors (Lipinski definition) is 1. The van der Waals surface area contributed by atoms with Crippen LogP contribution in [0.15, 0.2) is 66.2 Å². The maximum Gasteiger partial charge on any atom is 0.411 e. The van der Waals surface area contributed by atoms with Gasteiger partial charge in [0.1, 0.15) is 5.82 Å². The minimum Gasteiger partial charge on any atom is -0.488 e. The van der Waals surface area contributed by atoms with E-state index in [1.165, 1.54) is 19.9 Å². The zero-order valence-electron chi connectivity index (χ0n) is 28.5. The van der Waals surface area contributed by atoms with E-state index >= 15 is 0 Å². The van der Waals surface area contributed by atoms with Crippen LogP contribution in [0.25, 0.3) is 5.57 Å². The van der Waals surface area contributed by atoms with Crippen molar-refractivity contribution in [2.75, 3.05) is 19.7 Å². The summed E-state index contributed by atoms with van der Waals surface area (Å²) in [5, 5.41) is 3.35. The second-order valence-electron chi connectivity index (χ2n) is 13.8. The molecule has 278 valence electrons. The standard InChI is InChI=1S/C38H38Cl3F4N3O4/c1-37(2,38(39,40)41)52-36(50)48-26-18-27(23-11-9-22(10-12-23)6-5-17-51-34-30(44)16-15-29(43)33(34)45)32(31(48)20-46-19-26)35(49)47(25-13-14-25)21-24-7-3-4-8-28(24)42/h3-4,7-12,15-16,25-26,31,46H,5-6,13-14,17-21H2,1-2H3. The molecule has 2 bridgehead atoms. The zero-order valence-corrected chi connectivity index (χ0v) is 30.8. The Balaban J connectivity index is 1.29. The Morgan fingerprint density at radius 3 is 2.29 bits per heavy atom. The van der Waals surface area contributed by atoms with E-state index < -0.39 is 56.6 Å². The van der Waals surface area contributed by atoms with E-state index in [0.29, 0.717) is 43.0 Å². The van der Waals surface area contributed by atoms with Crippen molar-refractivity contribution < 1.29 is 36.6 Å². The summed E-state index contributed by atoms with van der Waals surface area (Å²) in [4.78, 5) is 31.9. The summed E-state index contributed by atoms with van der Waals surface area (Å²) in [5.74, 6) is -5.01. The van der Waals surface area contributed by atoms with Crippen LogP contribution < -0.4 is 10.1 Å². The van der Waals surface area contributed by atoms with Gasteiger partial charge in [-0.05, 0) is 80.9 Å². The highest BCUT2D eigenvalue weighted by Gasteiger charge is 2.50. The van der Waals surface area contributed by atoms with Crippen LogP contribution in [-0.4, -0.2) is 69.0 Å². The van der Waals surface area contributed by atoms with Crippen molar-refractivity contribution in [2.45, 2.75) is 80.0 Å². The van der Waals surface area contributed by atoms with Crippen LogP contribution in [-0.2, 0) is 22.5 Å². The zero-order chi connectivity index (χ0) is 37.4. The van der Waals surface area contributed by atoms with Crippen LogP contribution in [0.5, 0.6) is 5.75 Å². The number of nitrogens with one attached hydrogen (secondary N) is 1. The number of halogens is 7. The smallest absolute Gasteiger partial charge is 0.411 e. The number of aryl methyl sites for hydroxylation is 1. The van der Waals surface area contributed by atoms with Crippen molar-refractivity contribution in [1.82, 2.24) is 15.1 Å². The summed E-state index contributed by atoms with van der Waals surface area (Å²) in [6.07, 6.45) is 2.02. The summed E-state index contributed by atoms with van der Waals surface area (Å²) in [5.41, 5.74) is 1.73. The Bertz CT molecular complexity index is 1850. The van der Waals surface area contributed by atoms with Gasteiger partial charge in [-0.1, -0.05) is 77.3 Å². The van der Waals surface area contributed by atoms with E-state index in [1.54, 1.807) is 28.0 Å². The number of ether oxygens (including phenoxy) is 2. The molecule has 2 amide bonds. The number of amides is 2. The predicted octanol–water partition coefficient (Wildman–Crippen LogP) is 8.53. The van der Waals surface area contributed by atoms with Crippen LogP contribution in [0, 0.1) is 23.3 Å². The SMILES string of the molecule is CC(C)(OC(=O)N1C2CNCC1C(C(=O)N(Cc1ccccc1F)C1CC1)=C(c1ccc(CCCOc3c(F)ccc(F)c3F)cc1)C2)C(Cl)(Cl)Cl. The highest BCUT2D eigenvalue weighted by atomic mass is 35.6. The first-order valence-corrected chi connectivity index (χ1v) is 18.2. The van der Waals surface area contributed by atoms with Gasteiger partial charge in [0.2, 0.25) is 9.61 Å². The maximum absolute atomic E-state index is 14.9. The summed E-state index contributed by atoms with van der Waals surface area (Å²) < 4.78 is 65.4. The highest BCUT2D eigenvalue weighted by molar-refractivity contribution is 6.68. The summed E-state index contributed by atoms with van der Waals surface area (Å²) in [6.45, 7) is 3.70. The molecule has 3 aliphatic rings. The molecule has 3 aromatic carbocycles. The first kappa shape index (κ1) is 38.2. The molecule has 3 aromatic rings. The summed E-state index contributed by atoms with van der Waals surface area (Å²) in [7, 11) is 0. The topological polar surface area (TPSA) is 71.1 Å². The van der Waals surface area contributed by atoms with Crippen molar-refractivity contribution in [1.29, 1.82) is 0 Å². The van der Waals surface area contributed by atoms with Crippen molar-refractivity contribution >= 4 is 52.4 Å². The first-order valence-electron chi connectivity index (χ1n) is 17.1. The van der Waals surface area contributed by atoms with Gasteiger partial charge in [-0.15, -0.1) is 0 Å². The number of rotatable bonds is 11. The number of benzene rings is 3. The minimum atomic E-state index is -1.92. The number of piperazine rings is 1. The maximum atomic E-state index is 14.9. The molecule has 2 fully saturated rings. The average molecular weight is 783 g/mol. The van der Waals surface area contributed by atoms with E-state index in [0.717, 1.165) is 35.6 Å². The lowest BCUT2D eigenvalue weighted by Gasteiger charge is -2.48. The Labute approximate surface area is 314 Å². The Kier molecular flexibility index (Phi) is 11.4. The van der Waals surface area contributed by atoms with Gasteiger partial charge in [-0.25, -0.2) is 18.0 Å². The predicted molar refractivity (Wildman–Crippen MR) is 191 cm³/mol. The van der Waals surface area contributed by atoms with E-state index in [2.05, 4.69) is 5.32 Å². The van der Waals surface area contributed by atoms with Gasteiger partial charge in [0.25, 0.3) is 5.91 Å². The largest absolute Gasteiger partial charge is 0.488 e. The number of carbonyl (C=O) groups is 2. The molecule has 6 rings (SSSR count). The summed E-state index contributed by atoms with van der Waals surface area (Å²) in [6, 6.07) is 14.2. The number of alkyl halides is 3. The number of nitrogens with zero attached hydrogens (tertiary/aromatic N) is 2. The van der Waals surface area contributed by atoms with Crippen LogP contribution in [0.4, 0.5) is 22.4 Å². The quantitative estimate of drug-likeness (QED) is 0.0915. The monoisotopic (exact) mass is 781 g/mol. The molecule has 0 radical (unpaired) electrons. The number of hydrogen-bond acceptors (Lipinski definition) is 5. The second kappa shape index (κ2) is 15.5. The number of carbonyl (C=O) groups excluding carboxylic acids is 2. The van der Waals surface area contributed by atoms with Gasteiger partial charge in [0.15, 0.2) is 23.0 Å². The van der Waals surface area contributed by atoms with Gasteiger partial charge < -0.3 is 19.7 Å². The van der Waals surface area contributed by atoms with Gasteiger partial charge in [0.05, 0.1) is 18.7 Å². The lowest BCUT2D eigenvalue weighted by atomic mass is 9.81. The van der Waals surface area contributed by atoms with Crippen LogP contribution in [0.1, 0.15) is 56.2 Å². The number of fused-ring (bicyclic) bond motifs is 2. The lowest BCUT2D eigenvalue weighted by Crippen LogP contribution is -2.64.